The number of hydrazone groups is 1. The molecule has 2 amide bonds. The summed E-state index contributed by atoms with van der Waals surface area (Å²) in [5.41, 5.74) is 3.54. The molecule has 8 nitrogen and oxygen atoms in total. The lowest BCUT2D eigenvalue weighted by molar-refractivity contribution is -0.120. The van der Waals surface area contributed by atoms with Gasteiger partial charge in [0.25, 0.3) is 11.8 Å². The molecule has 0 unspecified atom stereocenters. The van der Waals surface area contributed by atoms with Gasteiger partial charge in [-0.3, -0.25) is 9.59 Å². The maximum Gasteiger partial charge on any atom is 0.259 e. The van der Waals surface area contributed by atoms with Gasteiger partial charge >= 0.3 is 0 Å². The predicted molar refractivity (Wildman–Crippen MR) is 103 cm³/mol. The van der Waals surface area contributed by atoms with Gasteiger partial charge < -0.3 is 19.5 Å². The molecule has 0 aliphatic carbocycles. The first-order valence-corrected chi connectivity index (χ1v) is 8.88. The molecule has 0 aromatic heterocycles. The summed E-state index contributed by atoms with van der Waals surface area (Å²) < 4.78 is 16.0. The number of benzene rings is 2. The fourth-order valence-electron chi connectivity index (χ4n) is 2.42. The lowest BCUT2D eigenvalue weighted by atomic mass is 10.2. The van der Waals surface area contributed by atoms with Crippen molar-refractivity contribution in [3.8, 4) is 17.2 Å². The van der Waals surface area contributed by atoms with Crippen molar-refractivity contribution in [1.29, 1.82) is 0 Å². The van der Waals surface area contributed by atoms with E-state index in [9.17, 15) is 9.59 Å². The van der Waals surface area contributed by atoms with Crippen molar-refractivity contribution in [3.05, 3.63) is 53.6 Å². The molecule has 0 fully saturated rings. The number of carbonyl (C=O) groups excluding carboxylic acids is 2. The van der Waals surface area contributed by atoms with Crippen molar-refractivity contribution in [2.75, 3.05) is 19.9 Å². The number of nitrogens with zero attached hydrogens (tertiary/aromatic N) is 1. The highest BCUT2D eigenvalue weighted by atomic mass is 16.7. The van der Waals surface area contributed by atoms with Crippen LogP contribution in [0, 0.1) is 0 Å². The lowest BCUT2D eigenvalue weighted by Crippen LogP contribution is -2.34. The van der Waals surface area contributed by atoms with E-state index in [1.54, 1.807) is 18.2 Å². The number of rotatable bonds is 8. The van der Waals surface area contributed by atoms with Crippen LogP contribution >= 0.6 is 0 Å². The monoisotopic (exact) mass is 383 g/mol. The van der Waals surface area contributed by atoms with Gasteiger partial charge in [0.15, 0.2) is 11.5 Å². The maximum absolute atomic E-state index is 12.1. The van der Waals surface area contributed by atoms with Crippen molar-refractivity contribution in [2.24, 2.45) is 5.10 Å². The molecular formula is C20H21N3O5. The number of fused-ring (bicyclic) bond motifs is 1. The number of carbonyl (C=O) groups is 2. The van der Waals surface area contributed by atoms with Crippen LogP contribution in [0.2, 0.25) is 0 Å². The summed E-state index contributed by atoms with van der Waals surface area (Å²) in [5, 5.41) is 6.42. The summed E-state index contributed by atoms with van der Waals surface area (Å²) in [6, 6.07) is 12.2. The van der Waals surface area contributed by atoms with Gasteiger partial charge in [-0.15, -0.1) is 0 Å². The number of hydrogen-bond acceptors (Lipinski definition) is 6. The molecule has 1 aliphatic heterocycles. The Hall–Kier alpha value is -3.55. The van der Waals surface area contributed by atoms with Crippen molar-refractivity contribution < 1.29 is 23.8 Å². The molecule has 8 heteroatoms. The molecular weight excluding hydrogens is 362 g/mol. The second-order valence-electron chi connectivity index (χ2n) is 5.96. The number of nitrogens with one attached hydrogen (secondary N) is 2. The highest BCUT2D eigenvalue weighted by molar-refractivity contribution is 5.97. The largest absolute Gasteiger partial charge is 0.494 e. The summed E-state index contributed by atoms with van der Waals surface area (Å²) in [6.45, 7) is 2.60. The average Bonchev–Trinajstić information content (AvgIpc) is 3.18. The van der Waals surface area contributed by atoms with Gasteiger partial charge in [-0.05, 0) is 42.3 Å². The van der Waals surface area contributed by atoms with Gasteiger partial charge in [0.05, 0.1) is 19.4 Å². The molecule has 2 N–H and O–H groups in total. The number of ether oxygens (including phenoxy) is 3. The summed E-state index contributed by atoms with van der Waals surface area (Å²) in [7, 11) is 0. The molecule has 3 rings (SSSR count). The Morgan fingerprint density at radius 3 is 2.89 bits per heavy atom. The normalized spacial score (nSPS) is 12.0. The van der Waals surface area contributed by atoms with E-state index in [1.807, 2.05) is 31.2 Å². The van der Waals surface area contributed by atoms with E-state index in [0.717, 1.165) is 17.7 Å². The molecule has 0 saturated heterocycles. The number of hydrogen-bond donors (Lipinski definition) is 2. The van der Waals surface area contributed by atoms with Crippen molar-refractivity contribution in [2.45, 2.75) is 13.3 Å². The smallest absolute Gasteiger partial charge is 0.259 e. The van der Waals surface area contributed by atoms with Gasteiger partial charge in [-0.25, -0.2) is 5.43 Å². The molecule has 1 heterocycles. The Kier molecular flexibility index (Phi) is 6.46. The zero-order chi connectivity index (χ0) is 19.8. The molecule has 1 aliphatic rings. The lowest BCUT2D eigenvalue weighted by Gasteiger charge is -2.06. The standard InChI is InChI=1S/C20H21N3O5/c1-2-8-26-16-5-3-4-14(9-16)11-22-23-19(24)12-21-20(25)15-6-7-17-18(10-15)28-13-27-17/h3-7,9-11H,2,8,12-13H2,1H3,(H,21,25)(H,23,24)/b22-11-. The second-order valence-corrected chi connectivity index (χ2v) is 5.96. The molecule has 28 heavy (non-hydrogen) atoms. The van der Waals surface area contributed by atoms with Crippen LogP contribution in [-0.4, -0.2) is 38.0 Å². The molecule has 0 saturated carbocycles. The summed E-state index contributed by atoms with van der Waals surface area (Å²) >= 11 is 0. The van der Waals surface area contributed by atoms with Crippen molar-refractivity contribution >= 4 is 18.0 Å². The van der Waals surface area contributed by atoms with Crippen LogP contribution < -0.4 is 25.0 Å². The van der Waals surface area contributed by atoms with Crippen LogP contribution in [-0.2, 0) is 4.79 Å². The Morgan fingerprint density at radius 2 is 2.04 bits per heavy atom. The van der Waals surface area contributed by atoms with Crippen LogP contribution in [0.1, 0.15) is 29.3 Å². The van der Waals surface area contributed by atoms with Gasteiger partial charge in [0, 0.05) is 5.56 Å². The van der Waals surface area contributed by atoms with E-state index in [0.29, 0.717) is 23.7 Å². The molecule has 0 bridgehead atoms. The van der Waals surface area contributed by atoms with Gasteiger partial charge in [0.1, 0.15) is 5.75 Å². The predicted octanol–water partition coefficient (Wildman–Crippen LogP) is 2.08. The van der Waals surface area contributed by atoms with Gasteiger partial charge in [-0.2, -0.15) is 5.10 Å². The third kappa shape index (κ3) is 5.23. The Balaban J connectivity index is 1.45. The fourth-order valence-corrected chi connectivity index (χ4v) is 2.42. The molecule has 0 radical (unpaired) electrons. The minimum absolute atomic E-state index is 0.133. The first kappa shape index (κ1) is 19.2. The average molecular weight is 383 g/mol. The number of amides is 2. The molecule has 0 atom stereocenters. The Morgan fingerprint density at radius 1 is 1.18 bits per heavy atom. The second kappa shape index (κ2) is 9.40. The molecule has 0 spiro atoms. The minimum Gasteiger partial charge on any atom is -0.494 e. The molecule has 2 aromatic carbocycles. The summed E-state index contributed by atoms with van der Waals surface area (Å²) in [5.74, 6) is 1.01. The van der Waals surface area contributed by atoms with E-state index in [1.165, 1.54) is 6.21 Å². The quantitative estimate of drug-likeness (QED) is 0.537. The van der Waals surface area contributed by atoms with Crippen LogP contribution in [0.15, 0.2) is 47.6 Å². The highest BCUT2D eigenvalue weighted by Gasteiger charge is 2.16. The molecule has 2 aromatic rings. The third-order valence-corrected chi connectivity index (χ3v) is 3.78. The summed E-state index contributed by atoms with van der Waals surface area (Å²) in [4.78, 5) is 24.0. The Bertz CT molecular complexity index is 882. The fraction of sp³-hybridized carbons (Fsp3) is 0.250. The highest BCUT2D eigenvalue weighted by Crippen LogP contribution is 2.32. The van der Waals surface area contributed by atoms with Gasteiger partial charge in [-0.1, -0.05) is 19.1 Å². The van der Waals surface area contributed by atoms with Crippen LogP contribution in [0.5, 0.6) is 17.2 Å². The summed E-state index contributed by atoms with van der Waals surface area (Å²) in [6.07, 6.45) is 2.43. The van der Waals surface area contributed by atoms with Gasteiger partial charge in [0.2, 0.25) is 6.79 Å². The third-order valence-electron chi connectivity index (χ3n) is 3.78. The van der Waals surface area contributed by atoms with E-state index in [4.69, 9.17) is 14.2 Å². The maximum atomic E-state index is 12.1. The van der Waals surface area contributed by atoms with E-state index in [-0.39, 0.29) is 13.3 Å². The van der Waals surface area contributed by atoms with Crippen LogP contribution in [0.25, 0.3) is 0 Å². The van der Waals surface area contributed by atoms with Crippen LogP contribution in [0.4, 0.5) is 0 Å². The zero-order valence-corrected chi connectivity index (χ0v) is 15.4. The Labute approximate surface area is 162 Å². The zero-order valence-electron chi connectivity index (χ0n) is 15.4. The van der Waals surface area contributed by atoms with Crippen LogP contribution in [0.3, 0.4) is 0 Å². The minimum atomic E-state index is -0.441. The van der Waals surface area contributed by atoms with E-state index < -0.39 is 11.8 Å². The van der Waals surface area contributed by atoms with Crippen molar-refractivity contribution in [1.82, 2.24) is 10.7 Å². The topological polar surface area (TPSA) is 98.2 Å². The van der Waals surface area contributed by atoms with E-state index >= 15 is 0 Å². The van der Waals surface area contributed by atoms with E-state index in [2.05, 4.69) is 15.8 Å². The van der Waals surface area contributed by atoms with Crippen molar-refractivity contribution in [3.63, 3.8) is 0 Å². The SMILES string of the molecule is CCCOc1cccc(/C=N\NC(=O)CNC(=O)c2ccc3c(c2)OCO3)c1. The first-order valence-electron chi connectivity index (χ1n) is 8.88. The first-order chi connectivity index (χ1) is 13.7. The molecule has 146 valence electrons.